The summed E-state index contributed by atoms with van der Waals surface area (Å²) < 4.78 is 37.5. The minimum atomic E-state index is -4.74. The van der Waals surface area contributed by atoms with Gasteiger partial charge in [0, 0.05) is 12.5 Å². The Hall–Kier alpha value is -2.76. The third-order valence-corrected chi connectivity index (χ3v) is 2.47. The fourth-order valence-corrected chi connectivity index (χ4v) is 1.49. The van der Waals surface area contributed by atoms with Crippen molar-refractivity contribution in [3.05, 3.63) is 33.9 Å². The van der Waals surface area contributed by atoms with Crippen molar-refractivity contribution in [1.29, 1.82) is 0 Å². The number of hydrogen-bond donors (Lipinski definition) is 2. The van der Waals surface area contributed by atoms with E-state index in [1.54, 1.807) is 0 Å². The zero-order valence-electron chi connectivity index (χ0n) is 10.3. The van der Waals surface area contributed by atoms with Crippen LogP contribution < -0.4 is 5.32 Å². The molecule has 6 nitrogen and oxygen atoms in total. The SMILES string of the molecule is C#CCC(Nc1ccc(C(F)(F)F)cc1[N+](=O)[O-])C(=O)O. The summed E-state index contributed by atoms with van der Waals surface area (Å²) >= 11 is 0. The second-order valence-electron chi connectivity index (χ2n) is 3.93. The molecule has 1 rings (SSSR count). The number of nitrogens with zero attached hydrogens (tertiary/aromatic N) is 1. The van der Waals surface area contributed by atoms with Crippen LogP contribution in [-0.2, 0) is 11.0 Å². The van der Waals surface area contributed by atoms with Gasteiger partial charge in [0.2, 0.25) is 0 Å². The molecule has 1 unspecified atom stereocenters. The van der Waals surface area contributed by atoms with Crippen molar-refractivity contribution in [3.8, 4) is 12.3 Å². The maximum atomic E-state index is 12.5. The first-order valence-electron chi connectivity index (χ1n) is 5.45. The Labute approximate surface area is 116 Å². The Bertz CT molecular complexity index is 608. The van der Waals surface area contributed by atoms with Crippen molar-refractivity contribution in [1.82, 2.24) is 0 Å². The van der Waals surface area contributed by atoms with Gasteiger partial charge in [-0.1, -0.05) is 0 Å². The van der Waals surface area contributed by atoms with E-state index < -0.39 is 34.4 Å². The molecule has 112 valence electrons. The fourth-order valence-electron chi connectivity index (χ4n) is 1.49. The van der Waals surface area contributed by atoms with Gasteiger partial charge in [-0.3, -0.25) is 10.1 Å². The topological polar surface area (TPSA) is 92.5 Å². The van der Waals surface area contributed by atoms with Crippen LogP contribution in [0.15, 0.2) is 18.2 Å². The van der Waals surface area contributed by atoms with E-state index in [0.29, 0.717) is 12.1 Å². The highest BCUT2D eigenvalue weighted by molar-refractivity contribution is 5.79. The number of nitro benzene ring substituents is 1. The summed E-state index contributed by atoms with van der Waals surface area (Å²) in [4.78, 5) is 20.7. The van der Waals surface area contributed by atoms with Crippen molar-refractivity contribution < 1.29 is 28.0 Å². The molecule has 0 aliphatic carbocycles. The van der Waals surface area contributed by atoms with Crippen molar-refractivity contribution in [2.75, 3.05) is 5.32 Å². The predicted octanol–water partition coefficient (Wildman–Crippen LogP) is 2.50. The second-order valence-corrected chi connectivity index (χ2v) is 3.93. The van der Waals surface area contributed by atoms with Crippen LogP contribution in [0.4, 0.5) is 24.5 Å². The molecule has 2 N–H and O–H groups in total. The summed E-state index contributed by atoms with van der Waals surface area (Å²) in [6.45, 7) is 0. The summed E-state index contributed by atoms with van der Waals surface area (Å²) in [7, 11) is 0. The number of nitrogens with one attached hydrogen (secondary N) is 1. The lowest BCUT2D eigenvalue weighted by atomic mass is 10.1. The number of rotatable bonds is 5. The van der Waals surface area contributed by atoms with Gasteiger partial charge < -0.3 is 10.4 Å². The molecule has 0 heterocycles. The number of halogens is 3. The molecule has 1 aromatic carbocycles. The Balaban J connectivity index is 3.21. The summed E-state index contributed by atoms with van der Waals surface area (Å²) in [5, 5.41) is 21.9. The molecule has 0 aliphatic rings. The van der Waals surface area contributed by atoms with E-state index in [0.717, 1.165) is 6.07 Å². The number of aliphatic carboxylic acids is 1. The Morgan fingerprint density at radius 2 is 2.14 bits per heavy atom. The minimum Gasteiger partial charge on any atom is -0.480 e. The average Bonchev–Trinajstić information content (AvgIpc) is 2.36. The lowest BCUT2D eigenvalue weighted by molar-refractivity contribution is -0.384. The maximum absolute atomic E-state index is 12.5. The first-order valence-corrected chi connectivity index (χ1v) is 5.45. The molecular formula is C12H9F3N2O4. The van der Waals surface area contributed by atoms with Gasteiger partial charge in [0.25, 0.3) is 5.69 Å². The van der Waals surface area contributed by atoms with Gasteiger partial charge in [0.1, 0.15) is 11.7 Å². The molecule has 0 aliphatic heterocycles. The highest BCUT2D eigenvalue weighted by Crippen LogP contribution is 2.35. The first-order chi connectivity index (χ1) is 9.66. The molecule has 1 atom stereocenters. The van der Waals surface area contributed by atoms with Crippen LogP contribution in [0.5, 0.6) is 0 Å². The first kappa shape index (κ1) is 16.3. The third-order valence-electron chi connectivity index (χ3n) is 2.47. The Kier molecular flexibility index (Phi) is 4.75. The normalized spacial score (nSPS) is 12.3. The van der Waals surface area contributed by atoms with E-state index in [2.05, 4.69) is 11.2 Å². The van der Waals surface area contributed by atoms with E-state index in [1.807, 2.05) is 0 Å². The van der Waals surface area contributed by atoms with E-state index in [9.17, 15) is 28.1 Å². The molecule has 0 fully saturated rings. The predicted molar refractivity (Wildman–Crippen MR) is 66.6 cm³/mol. The van der Waals surface area contributed by atoms with Crippen LogP contribution in [0.25, 0.3) is 0 Å². The lowest BCUT2D eigenvalue weighted by Gasteiger charge is -2.14. The van der Waals surface area contributed by atoms with E-state index in [1.165, 1.54) is 0 Å². The van der Waals surface area contributed by atoms with Gasteiger partial charge in [-0.2, -0.15) is 13.2 Å². The van der Waals surface area contributed by atoms with Crippen molar-refractivity contribution >= 4 is 17.3 Å². The molecule has 0 bridgehead atoms. The molecule has 0 radical (unpaired) electrons. The second kappa shape index (κ2) is 6.13. The smallest absolute Gasteiger partial charge is 0.416 e. The molecular weight excluding hydrogens is 293 g/mol. The molecule has 1 aromatic rings. The summed E-state index contributed by atoms with van der Waals surface area (Å²) in [5.74, 6) is 0.688. The molecule has 0 saturated carbocycles. The van der Waals surface area contributed by atoms with Crippen molar-refractivity contribution in [2.45, 2.75) is 18.6 Å². The Morgan fingerprint density at radius 3 is 2.57 bits per heavy atom. The number of benzene rings is 1. The number of carboxylic acids is 1. The maximum Gasteiger partial charge on any atom is 0.416 e. The quantitative estimate of drug-likeness (QED) is 0.495. The number of anilines is 1. The highest BCUT2D eigenvalue weighted by atomic mass is 19.4. The zero-order chi connectivity index (χ0) is 16.2. The molecule has 9 heteroatoms. The number of hydrogen-bond acceptors (Lipinski definition) is 4. The number of carbonyl (C=O) groups is 1. The summed E-state index contributed by atoms with van der Waals surface area (Å²) in [5.41, 5.74) is -2.44. The monoisotopic (exact) mass is 302 g/mol. The van der Waals surface area contributed by atoms with Crippen LogP contribution >= 0.6 is 0 Å². The van der Waals surface area contributed by atoms with Gasteiger partial charge >= 0.3 is 12.1 Å². The zero-order valence-corrected chi connectivity index (χ0v) is 10.3. The van der Waals surface area contributed by atoms with Gasteiger partial charge in [-0.25, -0.2) is 4.79 Å². The largest absolute Gasteiger partial charge is 0.480 e. The van der Waals surface area contributed by atoms with Crippen LogP contribution in [0.2, 0.25) is 0 Å². The van der Waals surface area contributed by atoms with Crippen molar-refractivity contribution in [3.63, 3.8) is 0 Å². The lowest BCUT2D eigenvalue weighted by Crippen LogP contribution is -2.29. The van der Waals surface area contributed by atoms with Gasteiger partial charge in [-0.15, -0.1) is 12.3 Å². The van der Waals surface area contributed by atoms with Crippen LogP contribution in [-0.4, -0.2) is 22.0 Å². The number of carboxylic acid groups (broad SMARTS) is 1. The number of alkyl halides is 3. The van der Waals surface area contributed by atoms with Gasteiger partial charge in [0.15, 0.2) is 0 Å². The van der Waals surface area contributed by atoms with Crippen LogP contribution in [0, 0.1) is 22.5 Å². The Morgan fingerprint density at radius 1 is 1.52 bits per heavy atom. The van der Waals surface area contributed by atoms with E-state index >= 15 is 0 Å². The summed E-state index contributed by atoms with van der Waals surface area (Å²) in [6, 6.07) is 0.403. The van der Waals surface area contributed by atoms with Gasteiger partial charge in [0.05, 0.1) is 10.5 Å². The third kappa shape index (κ3) is 4.10. The fraction of sp³-hybridized carbons (Fsp3) is 0.250. The van der Waals surface area contributed by atoms with E-state index in [4.69, 9.17) is 11.5 Å². The molecule has 0 aromatic heterocycles. The van der Waals surface area contributed by atoms with Crippen molar-refractivity contribution in [2.24, 2.45) is 0 Å². The minimum absolute atomic E-state index is 0.284. The number of terminal acetylenes is 1. The molecule has 21 heavy (non-hydrogen) atoms. The van der Waals surface area contributed by atoms with E-state index in [-0.39, 0.29) is 12.1 Å². The molecule has 0 amide bonds. The molecule has 0 saturated heterocycles. The summed E-state index contributed by atoms with van der Waals surface area (Å²) in [6.07, 6.45) is -0.0620. The molecule has 0 spiro atoms. The highest BCUT2D eigenvalue weighted by Gasteiger charge is 2.33. The van der Waals surface area contributed by atoms with Crippen LogP contribution in [0.1, 0.15) is 12.0 Å². The average molecular weight is 302 g/mol. The van der Waals surface area contributed by atoms with Gasteiger partial charge in [-0.05, 0) is 12.1 Å². The van der Waals surface area contributed by atoms with Crippen LogP contribution in [0.3, 0.4) is 0 Å². The standard InChI is InChI=1S/C12H9F3N2O4/c1-2-3-9(11(18)19)16-8-5-4-7(12(13,14)15)6-10(8)17(20)21/h1,4-6,9,16H,3H2,(H,18,19). The number of nitro groups is 1.